The number of halogens is 1. The Morgan fingerprint density at radius 2 is 1.44 bits per heavy atom. The van der Waals surface area contributed by atoms with Crippen LogP contribution in [-0.4, -0.2) is 18.1 Å². The molecular formula is C32H41ClN2O3S. The van der Waals surface area contributed by atoms with Crippen molar-refractivity contribution in [3.05, 3.63) is 64.0 Å². The van der Waals surface area contributed by atoms with Crippen LogP contribution in [0.5, 0.6) is 5.75 Å². The number of hydrogen-bond donors (Lipinski definition) is 1. The zero-order valence-electron chi connectivity index (χ0n) is 23.1. The molecule has 1 heterocycles. The number of rotatable bonds is 18. The van der Waals surface area contributed by atoms with Crippen molar-refractivity contribution in [1.82, 2.24) is 5.43 Å². The van der Waals surface area contributed by atoms with Gasteiger partial charge in [0.1, 0.15) is 10.6 Å². The monoisotopic (exact) mass is 568 g/mol. The van der Waals surface area contributed by atoms with E-state index in [1.165, 1.54) is 82.0 Å². The molecule has 39 heavy (non-hydrogen) atoms. The van der Waals surface area contributed by atoms with Crippen LogP contribution in [0, 0.1) is 0 Å². The van der Waals surface area contributed by atoms with E-state index in [1.807, 2.05) is 24.3 Å². The summed E-state index contributed by atoms with van der Waals surface area (Å²) in [5.41, 5.74) is 3.38. The molecule has 3 aromatic rings. The molecule has 0 saturated heterocycles. The Bertz CT molecular complexity index is 1190. The van der Waals surface area contributed by atoms with E-state index in [2.05, 4.69) is 17.5 Å². The third-order valence-electron chi connectivity index (χ3n) is 6.72. The average molecular weight is 569 g/mol. The summed E-state index contributed by atoms with van der Waals surface area (Å²) in [7, 11) is 0. The number of hydrogen-bond acceptors (Lipinski definition) is 5. The summed E-state index contributed by atoms with van der Waals surface area (Å²) in [6.07, 6.45) is 18.8. The van der Waals surface area contributed by atoms with Crippen molar-refractivity contribution in [2.75, 3.05) is 0 Å². The van der Waals surface area contributed by atoms with Crippen LogP contribution in [0.3, 0.4) is 0 Å². The van der Waals surface area contributed by atoms with Gasteiger partial charge in [-0.15, -0.1) is 11.3 Å². The van der Waals surface area contributed by atoms with Crippen molar-refractivity contribution >= 4 is 51.1 Å². The van der Waals surface area contributed by atoms with Crippen molar-refractivity contribution in [2.24, 2.45) is 5.10 Å². The van der Waals surface area contributed by atoms with E-state index in [0.29, 0.717) is 22.1 Å². The van der Waals surface area contributed by atoms with Crippen molar-refractivity contribution in [3.8, 4) is 5.75 Å². The fourth-order valence-corrected chi connectivity index (χ4v) is 5.84. The molecule has 1 aromatic heterocycles. The zero-order valence-corrected chi connectivity index (χ0v) is 24.6. The van der Waals surface area contributed by atoms with Gasteiger partial charge >= 0.3 is 5.97 Å². The van der Waals surface area contributed by atoms with E-state index in [1.54, 1.807) is 30.5 Å². The minimum absolute atomic E-state index is 0.0694. The van der Waals surface area contributed by atoms with E-state index in [-0.39, 0.29) is 5.91 Å². The Morgan fingerprint density at radius 1 is 0.846 bits per heavy atom. The molecule has 0 bridgehead atoms. The van der Waals surface area contributed by atoms with Gasteiger partial charge < -0.3 is 4.74 Å². The number of benzene rings is 2. The molecule has 1 N–H and O–H groups in total. The Hall–Kier alpha value is -2.70. The Labute approximate surface area is 242 Å². The Balaban J connectivity index is 1.25. The van der Waals surface area contributed by atoms with Gasteiger partial charge in [-0.2, -0.15) is 5.10 Å². The van der Waals surface area contributed by atoms with Crippen LogP contribution >= 0.6 is 22.9 Å². The van der Waals surface area contributed by atoms with Crippen molar-refractivity contribution in [2.45, 2.75) is 96.8 Å². The second kappa shape index (κ2) is 17.8. The zero-order chi connectivity index (χ0) is 27.7. The predicted octanol–water partition coefficient (Wildman–Crippen LogP) is 9.71. The summed E-state index contributed by atoms with van der Waals surface area (Å²) in [4.78, 5) is 25.0. The second-order valence-corrected chi connectivity index (χ2v) is 11.4. The number of hydrazone groups is 1. The van der Waals surface area contributed by atoms with E-state index >= 15 is 0 Å². The highest BCUT2D eigenvalue weighted by Crippen LogP contribution is 2.35. The van der Waals surface area contributed by atoms with Gasteiger partial charge in [-0.05, 0) is 42.3 Å². The molecule has 1 amide bonds. The maximum atomic E-state index is 12.6. The van der Waals surface area contributed by atoms with E-state index < -0.39 is 5.97 Å². The highest BCUT2D eigenvalue weighted by atomic mass is 35.5. The number of esters is 1. The molecule has 7 heteroatoms. The third kappa shape index (κ3) is 11.1. The SMILES string of the molecule is CCCCCCCCCCCCCCCC(=O)N/N=C/c1ccc(OC(=O)c2sc3ccccc3c2Cl)cc1. The lowest BCUT2D eigenvalue weighted by Crippen LogP contribution is -2.16. The molecule has 5 nitrogen and oxygen atoms in total. The summed E-state index contributed by atoms with van der Waals surface area (Å²) in [6, 6.07) is 14.5. The fourth-order valence-electron chi connectivity index (χ4n) is 4.46. The van der Waals surface area contributed by atoms with Gasteiger partial charge in [0, 0.05) is 16.5 Å². The average Bonchev–Trinajstić information content (AvgIpc) is 3.29. The summed E-state index contributed by atoms with van der Waals surface area (Å²) in [6.45, 7) is 2.26. The third-order valence-corrected chi connectivity index (χ3v) is 8.38. The molecule has 0 unspecified atom stereocenters. The molecule has 0 atom stereocenters. The van der Waals surface area contributed by atoms with Crippen LogP contribution in [0.4, 0.5) is 0 Å². The number of carbonyl (C=O) groups is 2. The lowest BCUT2D eigenvalue weighted by molar-refractivity contribution is -0.121. The maximum Gasteiger partial charge on any atom is 0.355 e. The van der Waals surface area contributed by atoms with Crippen LogP contribution in [0.1, 0.15) is 112 Å². The molecule has 3 rings (SSSR count). The van der Waals surface area contributed by atoms with Gasteiger partial charge in [0.2, 0.25) is 5.91 Å². The standard InChI is InChI=1S/C32H41ClN2O3S/c1-2-3-4-5-6-7-8-9-10-11-12-13-14-19-29(36)35-34-24-25-20-22-26(23-21-25)38-32(37)31-30(33)27-17-15-16-18-28(27)39-31/h15-18,20-24H,2-14,19H2,1H3,(H,35,36)/b34-24+. The first-order valence-corrected chi connectivity index (χ1v) is 15.6. The first-order chi connectivity index (χ1) is 19.1. The van der Waals surface area contributed by atoms with Gasteiger partial charge in [0.15, 0.2) is 0 Å². The van der Waals surface area contributed by atoms with Crippen LogP contribution in [-0.2, 0) is 4.79 Å². The second-order valence-electron chi connectivity index (χ2n) is 9.99. The Morgan fingerprint density at radius 3 is 2.05 bits per heavy atom. The summed E-state index contributed by atoms with van der Waals surface area (Å²) >= 11 is 7.69. The first kappa shape index (κ1) is 30.8. The van der Waals surface area contributed by atoms with Crippen molar-refractivity contribution < 1.29 is 14.3 Å². The lowest BCUT2D eigenvalue weighted by Gasteiger charge is -2.04. The van der Waals surface area contributed by atoms with Crippen molar-refractivity contribution in [3.63, 3.8) is 0 Å². The molecule has 0 aliphatic rings. The summed E-state index contributed by atoms with van der Waals surface area (Å²) < 4.78 is 6.44. The van der Waals surface area contributed by atoms with E-state index in [4.69, 9.17) is 16.3 Å². The van der Waals surface area contributed by atoms with Gasteiger partial charge in [0.05, 0.1) is 11.2 Å². The molecule has 210 valence electrons. The van der Waals surface area contributed by atoms with Gasteiger partial charge in [0.25, 0.3) is 0 Å². The first-order valence-electron chi connectivity index (χ1n) is 14.4. The van der Waals surface area contributed by atoms with Gasteiger partial charge in [-0.25, -0.2) is 10.2 Å². The number of nitrogens with one attached hydrogen (secondary N) is 1. The lowest BCUT2D eigenvalue weighted by atomic mass is 10.0. The molecule has 0 spiro atoms. The molecule has 0 radical (unpaired) electrons. The summed E-state index contributed by atoms with van der Waals surface area (Å²) in [5, 5.41) is 5.31. The minimum atomic E-state index is -0.483. The molecular weight excluding hydrogens is 528 g/mol. The maximum absolute atomic E-state index is 12.6. The molecule has 0 saturated carbocycles. The smallest absolute Gasteiger partial charge is 0.355 e. The highest BCUT2D eigenvalue weighted by Gasteiger charge is 2.18. The fraction of sp³-hybridized carbons (Fsp3) is 0.469. The number of fused-ring (bicyclic) bond motifs is 1. The van der Waals surface area contributed by atoms with Crippen LogP contribution in [0.2, 0.25) is 5.02 Å². The largest absolute Gasteiger partial charge is 0.422 e. The minimum Gasteiger partial charge on any atom is -0.422 e. The Kier molecular flexibility index (Phi) is 14.1. The van der Waals surface area contributed by atoms with Crippen LogP contribution in [0.15, 0.2) is 53.6 Å². The predicted molar refractivity (Wildman–Crippen MR) is 164 cm³/mol. The van der Waals surface area contributed by atoms with Gasteiger partial charge in [-0.1, -0.05) is 114 Å². The normalized spacial score (nSPS) is 11.3. The molecule has 0 aliphatic heterocycles. The quantitative estimate of drug-likeness (QED) is 0.0546. The van der Waals surface area contributed by atoms with Crippen LogP contribution in [0.25, 0.3) is 10.1 Å². The number of ether oxygens (including phenoxy) is 1. The highest BCUT2D eigenvalue weighted by molar-refractivity contribution is 7.21. The number of unbranched alkanes of at least 4 members (excludes halogenated alkanes) is 12. The number of nitrogens with zero attached hydrogens (tertiary/aromatic N) is 1. The topological polar surface area (TPSA) is 67.8 Å². The number of amides is 1. The number of carbonyl (C=O) groups excluding carboxylic acids is 2. The van der Waals surface area contributed by atoms with Gasteiger partial charge in [-0.3, -0.25) is 4.79 Å². The molecule has 0 fully saturated rings. The molecule has 0 aliphatic carbocycles. The van der Waals surface area contributed by atoms with E-state index in [0.717, 1.165) is 28.5 Å². The van der Waals surface area contributed by atoms with Crippen molar-refractivity contribution in [1.29, 1.82) is 0 Å². The van der Waals surface area contributed by atoms with Crippen LogP contribution < -0.4 is 10.2 Å². The molecule has 2 aromatic carbocycles. The number of thiophene rings is 1. The van der Waals surface area contributed by atoms with E-state index in [9.17, 15) is 9.59 Å². The summed E-state index contributed by atoms with van der Waals surface area (Å²) in [5.74, 6) is -0.139.